The van der Waals surface area contributed by atoms with Crippen molar-refractivity contribution < 1.29 is 4.79 Å². The van der Waals surface area contributed by atoms with Crippen molar-refractivity contribution in [1.82, 2.24) is 5.32 Å². The maximum absolute atomic E-state index is 12.1. The Morgan fingerprint density at radius 1 is 1.36 bits per heavy atom. The van der Waals surface area contributed by atoms with Gasteiger partial charge in [0.05, 0.1) is 0 Å². The van der Waals surface area contributed by atoms with Crippen molar-refractivity contribution in [3.05, 3.63) is 0 Å². The van der Waals surface area contributed by atoms with E-state index in [1.165, 1.54) is 0 Å². The molecule has 0 aromatic heterocycles. The van der Waals surface area contributed by atoms with Crippen LogP contribution in [0.2, 0.25) is 0 Å². The number of nitrogens with one attached hydrogen (secondary N) is 1. The SMILES string of the molecule is CC(C)C(C)C(=O)C1CCNCC1C. The minimum Gasteiger partial charge on any atom is -0.316 e. The first-order valence-corrected chi connectivity index (χ1v) is 5.78. The second kappa shape index (κ2) is 4.92. The molecule has 0 amide bonds. The molecule has 1 fully saturated rings. The molecule has 0 aromatic carbocycles. The van der Waals surface area contributed by atoms with Crippen LogP contribution in [0.25, 0.3) is 0 Å². The lowest BCUT2D eigenvalue weighted by atomic mass is 9.77. The fourth-order valence-corrected chi connectivity index (χ4v) is 2.10. The van der Waals surface area contributed by atoms with Crippen LogP contribution < -0.4 is 5.32 Å². The van der Waals surface area contributed by atoms with E-state index in [0.717, 1.165) is 19.5 Å². The minimum atomic E-state index is 0.223. The summed E-state index contributed by atoms with van der Waals surface area (Å²) in [6, 6.07) is 0. The lowest BCUT2D eigenvalue weighted by molar-refractivity contribution is -0.129. The van der Waals surface area contributed by atoms with Gasteiger partial charge in [0.15, 0.2) is 0 Å². The molecule has 1 heterocycles. The zero-order valence-corrected chi connectivity index (χ0v) is 9.84. The van der Waals surface area contributed by atoms with Gasteiger partial charge in [-0.3, -0.25) is 4.79 Å². The highest BCUT2D eigenvalue weighted by molar-refractivity contribution is 5.83. The Bertz CT molecular complexity index is 200. The Labute approximate surface area is 87.5 Å². The Hall–Kier alpha value is -0.370. The van der Waals surface area contributed by atoms with Gasteiger partial charge in [-0.2, -0.15) is 0 Å². The van der Waals surface area contributed by atoms with Gasteiger partial charge in [-0.1, -0.05) is 27.7 Å². The molecule has 3 unspecified atom stereocenters. The van der Waals surface area contributed by atoms with E-state index in [1.54, 1.807) is 0 Å². The first-order valence-electron chi connectivity index (χ1n) is 5.78. The number of carbonyl (C=O) groups excluding carboxylic acids is 1. The average molecular weight is 197 g/mol. The summed E-state index contributed by atoms with van der Waals surface area (Å²) in [6.45, 7) is 10.5. The number of ketones is 1. The van der Waals surface area contributed by atoms with Gasteiger partial charge in [0.2, 0.25) is 0 Å². The third kappa shape index (κ3) is 2.57. The summed E-state index contributed by atoms with van der Waals surface area (Å²) in [5.74, 6) is 1.99. The molecule has 0 aliphatic carbocycles. The molecule has 2 nitrogen and oxygen atoms in total. The third-order valence-corrected chi connectivity index (χ3v) is 3.60. The minimum absolute atomic E-state index is 0.223. The van der Waals surface area contributed by atoms with Crippen LogP contribution in [0.3, 0.4) is 0 Å². The van der Waals surface area contributed by atoms with E-state index in [1.807, 2.05) is 0 Å². The van der Waals surface area contributed by atoms with E-state index in [-0.39, 0.29) is 5.92 Å². The monoisotopic (exact) mass is 197 g/mol. The largest absolute Gasteiger partial charge is 0.316 e. The van der Waals surface area contributed by atoms with E-state index in [0.29, 0.717) is 23.5 Å². The molecular weight excluding hydrogens is 174 g/mol. The van der Waals surface area contributed by atoms with Gasteiger partial charge in [-0.25, -0.2) is 0 Å². The van der Waals surface area contributed by atoms with E-state index < -0.39 is 0 Å². The molecule has 1 aliphatic heterocycles. The highest BCUT2D eigenvalue weighted by Crippen LogP contribution is 2.25. The molecule has 1 aliphatic rings. The lowest BCUT2D eigenvalue weighted by Gasteiger charge is -2.31. The standard InChI is InChI=1S/C12H23NO/c1-8(2)10(4)12(14)11-5-6-13-7-9(11)3/h8-11,13H,5-7H2,1-4H3. The van der Waals surface area contributed by atoms with Gasteiger partial charge >= 0.3 is 0 Å². The zero-order chi connectivity index (χ0) is 10.7. The van der Waals surface area contributed by atoms with Gasteiger partial charge in [0, 0.05) is 11.8 Å². The van der Waals surface area contributed by atoms with Gasteiger partial charge < -0.3 is 5.32 Å². The predicted octanol–water partition coefficient (Wildman–Crippen LogP) is 2.09. The molecule has 82 valence electrons. The van der Waals surface area contributed by atoms with E-state index in [2.05, 4.69) is 33.0 Å². The van der Waals surface area contributed by atoms with Gasteiger partial charge in [0.25, 0.3) is 0 Å². The van der Waals surface area contributed by atoms with Crippen LogP contribution in [0.1, 0.15) is 34.1 Å². The third-order valence-electron chi connectivity index (χ3n) is 3.60. The van der Waals surface area contributed by atoms with Crippen LogP contribution in [0, 0.1) is 23.7 Å². The van der Waals surface area contributed by atoms with E-state index >= 15 is 0 Å². The van der Waals surface area contributed by atoms with Crippen molar-refractivity contribution in [1.29, 1.82) is 0 Å². The van der Waals surface area contributed by atoms with Gasteiger partial charge in [0.1, 0.15) is 5.78 Å². The number of hydrogen-bond donors (Lipinski definition) is 1. The number of rotatable bonds is 3. The molecule has 1 N–H and O–H groups in total. The number of hydrogen-bond acceptors (Lipinski definition) is 2. The maximum atomic E-state index is 12.1. The number of carbonyl (C=O) groups is 1. The van der Waals surface area contributed by atoms with Crippen LogP contribution >= 0.6 is 0 Å². The molecular formula is C12H23NO. The molecule has 1 rings (SSSR count). The normalized spacial score (nSPS) is 30.4. The Kier molecular flexibility index (Phi) is 4.11. The van der Waals surface area contributed by atoms with Crippen molar-refractivity contribution in [3.8, 4) is 0 Å². The summed E-state index contributed by atoms with van der Waals surface area (Å²) in [5.41, 5.74) is 0. The second-order valence-electron chi connectivity index (χ2n) is 5.01. The zero-order valence-electron chi connectivity index (χ0n) is 9.84. The van der Waals surface area contributed by atoms with Crippen molar-refractivity contribution in [2.45, 2.75) is 34.1 Å². The summed E-state index contributed by atoms with van der Waals surface area (Å²) in [7, 11) is 0. The van der Waals surface area contributed by atoms with Crippen molar-refractivity contribution >= 4 is 5.78 Å². The fourth-order valence-electron chi connectivity index (χ4n) is 2.10. The van der Waals surface area contributed by atoms with Gasteiger partial charge in [-0.05, 0) is 31.3 Å². The first kappa shape index (κ1) is 11.7. The van der Waals surface area contributed by atoms with Gasteiger partial charge in [-0.15, -0.1) is 0 Å². The smallest absolute Gasteiger partial charge is 0.139 e. The highest BCUT2D eigenvalue weighted by atomic mass is 16.1. The Morgan fingerprint density at radius 2 is 2.00 bits per heavy atom. The van der Waals surface area contributed by atoms with Crippen molar-refractivity contribution in [3.63, 3.8) is 0 Å². The molecule has 0 saturated carbocycles. The summed E-state index contributed by atoms with van der Waals surface area (Å²) >= 11 is 0. The summed E-state index contributed by atoms with van der Waals surface area (Å²) in [5, 5.41) is 3.34. The summed E-state index contributed by atoms with van der Waals surface area (Å²) in [6.07, 6.45) is 1.02. The molecule has 0 aromatic rings. The van der Waals surface area contributed by atoms with Crippen molar-refractivity contribution in [2.24, 2.45) is 23.7 Å². The maximum Gasteiger partial charge on any atom is 0.139 e. The predicted molar refractivity (Wildman–Crippen MR) is 59.1 cm³/mol. The summed E-state index contributed by atoms with van der Waals surface area (Å²) < 4.78 is 0. The molecule has 0 spiro atoms. The molecule has 0 bridgehead atoms. The summed E-state index contributed by atoms with van der Waals surface area (Å²) in [4.78, 5) is 12.1. The highest BCUT2D eigenvalue weighted by Gasteiger charge is 2.31. The van der Waals surface area contributed by atoms with Crippen molar-refractivity contribution in [2.75, 3.05) is 13.1 Å². The Morgan fingerprint density at radius 3 is 2.50 bits per heavy atom. The first-order chi connectivity index (χ1) is 6.54. The lowest BCUT2D eigenvalue weighted by Crippen LogP contribution is -2.41. The van der Waals surface area contributed by atoms with Crippen LogP contribution in [-0.2, 0) is 4.79 Å². The fraction of sp³-hybridized carbons (Fsp3) is 0.917. The van der Waals surface area contributed by atoms with E-state index in [4.69, 9.17) is 0 Å². The molecule has 2 heteroatoms. The molecule has 3 atom stereocenters. The number of Topliss-reactive ketones (excluding diaryl/α,β-unsaturated/α-hetero) is 1. The van der Waals surface area contributed by atoms with E-state index in [9.17, 15) is 4.79 Å². The molecule has 0 radical (unpaired) electrons. The second-order valence-corrected chi connectivity index (χ2v) is 5.01. The van der Waals surface area contributed by atoms with Crippen LogP contribution in [0.15, 0.2) is 0 Å². The number of piperidine rings is 1. The average Bonchev–Trinajstić information content (AvgIpc) is 2.16. The quantitative estimate of drug-likeness (QED) is 0.750. The van der Waals surface area contributed by atoms with Crippen LogP contribution in [0.5, 0.6) is 0 Å². The van der Waals surface area contributed by atoms with Crippen LogP contribution in [-0.4, -0.2) is 18.9 Å². The molecule has 14 heavy (non-hydrogen) atoms. The molecule has 1 saturated heterocycles. The Balaban J connectivity index is 2.58. The van der Waals surface area contributed by atoms with Crippen LogP contribution in [0.4, 0.5) is 0 Å². The topological polar surface area (TPSA) is 29.1 Å².